The molecule has 0 aliphatic carbocycles. The maximum atomic E-state index is 12.9. The van der Waals surface area contributed by atoms with E-state index in [1.807, 2.05) is 24.3 Å². The Kier molecular flexibility index (Phi) is 5.84. The van der Waals surface area contributed by atoms with Crippen molar-refractivity contribution in [3.8, 4) is 0 Å². The van der Waals surface area contributed by atoms with E-state index in [-0.39, 0.29) is 11.4 Å². The minimum absolute atomic E-state index is 0.185. The van der Waals surface area contributed by atoms with E-state index in [4.69, 9.17) is 9.90 Å². The van der Waals surface area contributed by atoms with E-state index in [0.29, 0.717) is 0 Å². The van der Waals surface area contributed by atoms with Crippen LogP contribution in [0, 0.1) is 0 Å². The highest BCUT2D eigenvalue weighted by molar-refractivity contribution is 5.98. The Morgan fingerprint density at radius 3 is 2.24 bits per heavy atom. The zero-order valence-corrected chi connectivity index (χ0v) is 16.1. The predicted molar refractivity (Wildman–Crippen MR) is 103 cm³/mol. The Morgan fingerprint density at radius 1 is 1.03 bits per heavy atom. The number of likely N-dealkylation sites (N-methyl/N-ethyl adjacent to an activating group) is 1. The molecule has 1 spiro atoms. The lowest BCUT2D eigenvalue weighted by Crippen LogP contribution is -2.66. The Hall–Kier alpha value is -2.61. The summed E-state index contributed by atoms with van der Waals surface area (Å²) in [4.78, 5) is 26.3. The standard InChI is InChI=1S/C19H22N2O.C2HF3O2/c1-20-12-10-19(20)9-4-11-21(14-19)18(22)17-8-7-15-5-2-3-6-16(15)13-17;3-2(4,5)1(6)7/h2-3,5-8,13H,4,9-12,14H2,1H3;(H,6,7). The third kappa shape index (κ3) is 4.53. The number of piperidine rings is 1. The van der Waals surface area contributed by atoms with E-state index in [9.17, 15) is 18.0 Å². The molecule has 5 nitrogen and oxygen atoms in total. The van der Waals surface area contributed by atoms with Crippen molar-refractivity contribution in [2.45, 2.75) is 31.0 Å². The normalized spacial score (nSPS) is 22.0. The van der Waals surface area contributed by atoms with Crippen molar-refractivity contribution in [3.05, 3.63) is 48.0 Å². The number of carbonyl (C=O) groups excluding carboxylic acids is 1. The number of amides is 1. The summed E-state index contributed by atoms with van der Waals surface area (Å²) in [6.07, 6.45) is -1.51. The number of alkyl halides is 3. The smallest absolute Gasteiger partial charge is 0.475 e. The van der Waals surface area contributed by atoms with E-state index in [1.165, 1.54) is 18.2 Å². The first kappa shape index (κ1) is 21.1. The SMILES string of the molecule is CN1CCC12CCCN(C(=O)c1ccc3ccccc3c1)C2.O=C(O)C(F)(F)F. The predicted octanol–water partition coefficient (Wildman–Crippen LogP) is 3.78. The molecule has 0 radical (unpaired) electrons. The summed E-state index contributed by atoms with van der Waals surface area (Å²) in [6, 6.07) is 14.3. The molecule has 0 saturated carbocycles. The van der Waals surface area contributed by atoms with Crippen molar-refractivity contribution in [2.24, 2.45) is 0 Å². The molecular weight excluding hydrogens is 385 g/mol. The molecule has 1 unspecified atom stereocenters. The fourth-order valence-corrected chi connectivity index (χ4v) is 3.96. The van der Waals surface area contributed by atoms with Crippen LogP contribution in [0.2, 0.25) is 0 Å². The van der Waals surface area contributed by atoms with Crippen molar-refractivity contribution in [1.29, 1.82) is 0 Å². The zero-order chi connectivity index (χ0) is 21.2. The Labute approximate surface area is 166 Å². The second kappa shape index (κ2) is 8.02. The number of carboxylic acids is 1. The van der Waals surface area contributed by atoms with E-state index < -0.39 is 12.1 Å². The summed E-state index contributed by atoms with van der Waals surface area (Å²) in [5.74, 6) is -2.57. The number of nitrogens with zero attached hydrogens (tertiary/aromatic N) is 2. The van der Waals surface area contributed by atoms with Crippen LogP contribution in [-0.2, 0) is 4.79 Å². The van der Waals surface area contributed by atoms with Gasteiger partial charge in [0.2, 0.25) is 0 Å². The van der Waals surface area contributed by atoms with E-state index in [2.05, 4.69) is 35.0 Å². The lowest BCUT2D eigenvalue weighted by atomic mass is 9.78. The number of halogens is 3. The topological polar surface area (TPSA) is 60.9 Å². The highest BCUT2D eigenvalue weighted by atomic mass is 19.4. The lowest BCUT2D eigenvalue weighted by molar-refractivity contribution is -0.192. The largest absolute Gasteiger partial charge is 0.490 e. The van der Waals surface area contributed by atoms with Gasteiger partial charge in [-0.15, -0.1) is 0 Å². The minimum atomic E-state index is -5.08. The third-order valence-corrected chi connectivity index (χ3v) is 5.80. The number of hydrogen-bond acceptors (Lipinski definition) is 3. The van der Waals surface area contributed by atoms with Crippen LogP contribution in [-0.4, -0.2) is 65.2 Å². The Morgan fingerprint density at radius 2 is 1.69 bits per heavy atom. The molecule has 8 heteroatoms. The summed E-state index contributed by atoms with van der Waals surface area (Å²) in [7, 11) is 2.19. The number of carbonyl (C=O) groups is 2. The summed E-state index contributed by atoms with van der Waals surface area (Å²) in [6.45, 7) is 2.94. The van der Waals surface area contributed by atoms with E-state index in [1.54, 1.807) is 0 Å². The minimum Gasteiger partial charge on any atom is -0.475 e. The van der Waals surface area contributed by atoms with Gasteiger partial charge in [0.05, 0.1) is 0 Å². The summed E-state index contributed by atoms with van der Waals surface area (Å²) >= 11 is 0. The van der Waals surface area contributed by atoms with Crippen molar-refractivity contribution < 1.29 is 27.9 Å². The first-order valence-electron chi connectivity index (χ1n) is 9.42. The van der Waals surface area contributed by atoms with Gasteiger partial charge in [-0.2, -0.15) is 13.2 Å². The molecule has 156 valence electrons. The van der Waals surface area contributed by atoms with Crippen LogP contribution in [0.5, 0.6) is 0 Å². The number of benzene rings is 2. The average Bonchev–Trinajstić information content (AvgIpc) is 2.71. The first-order valence-corrected chi connectivity index (χ1v) is 9.42. The molecule has 0 bridgehead atoms. The number of fused-ring (bicyclic) bond motifs is 1. The molecule has 4 rings (SSSR count). The van der Waals surface area contributed by atoms with Gasteiger partial charge in [-0.3, -0.25) is 9.69 Å². The summed E-state index contributed by atoms with van der Waals surface area (Å²) < 4.78 is 31.7. The molecule has 1 atom stereocenters. The Bertz CT molecular complexity index is 915. The van der Waals surface area contributed by atoms with Crippen molar-refractivity contribution in [2.75, 3.05) is 26.7 Å². The number of hydrogen-bond donors (Lipinski definition) is 1. The van der Waals surface area contributed by atoms with Gasteiger partial charge >= 0.3 is 12.1 Å². The quantitative estimate of drug-likeness (QED) is 0.780. The lowest BCUT2D eigenvalue weighted by Gasteiger charge is -2.55. The monoisotopic (exact) mass is 408 g/mol. The molecule has 0 aromatic heterocycles. The van der Waals surface area contributed by atoms with Crippen molar-refractivity contribution in [1.82, 2.24) is 9.80 Å². The average molecular weight is 408 g/mol. The molecule has 1 N–H and O–H groups in total. The maximum Gasteiger partial charge on any atom is 0.490 e. The van der Waals surface area contributed by atoms with Crippen LogP contribution in [0.4, 0.5) is 13.2 Å². The van der Waals surface area contributed by atoms with Gasteiger partial charge in [0.15, 0.2) is 0 Å². The summed E-state index contributed by atoms with van der Waals surface area (Å²) in [5.41, 5.74) is 1.07. The fourth-order valence-electron chi connectivity index (χ4n) is 3.96. The molecule has 2 heterocycles. The van der Waals surface area contributed by atoms with Gasteiger partial charge in [-0.25, -0.2) is 4.79 Å². The van der Waals surface area contributed by atoms with Crippen LogP contribution in [0.15, 0.2) is 42.5 Å². The third-order valence-electron chi connectivity index (χ3n) is 5.80. The van der Waals surface area contributed by atoms with Crippen LogP contribution >= 0.6 is 0 Å². The van der Waals surface area contributed by atoms with Crippen LogP contribution < -0.4 is 0 Å². The second-order valence-electron chi connectivity index (χ2n) is 7.59. The van der Waals surface area contributed by atoms with Crippen LogP contribution in [0.25, 0.3) is 10.8 Å². The molecule has 2 aromatic carbocycles. The van der Waals surface area contributed by atoms with Crippen molar-refractivity contribution in [3.63, 3.8) is 0 Å². The number of likely N-dealkylation sites (tertiary alicyclic amines) is 2. The summed E-state index contributed by atoms with van der Waals surface area (Å²) in [5, 5.41) is 9.45. The van der Waals surface area contributed by atoms with Gasteiger partial charge in [0.1, 0.15) is 0 Å². The fraction of sp³-hybridized carbons (Fsp3) is 0.429. The molecule has 2 aliphatic rings. The van der Waals surface area contributed by atoms with Crippen LogP contribution in [0.1, 0.15) is 29.6 Å². The van der Waals surface area contributed by atoms with Crippen LogP contribution in [0.3, 0.4) is 0 Å². The molecule has 2 fully saturated rings. The van der Waals surface area contributed by atoms with Crippen molar-refractivity contribution >= 4 is 22.6 Å². The molecular formula is C21H23F3N2O3. The number of aliphatic carboxylic acids is 1. The molecule has 2 aromatic rings. The Balaban J connectivity index is 0.000000298. The second-order valence-corrected chi connectivity index (χ2v) is 7.59. The van der Waals surface area contributed by atoms with Gasteiger partial charge in [-0.05, 0) is 49.2 Å². The van der Waals surface area contributed by atoms with E-state index >= 15 is 0 Å². The van der Waals surface area contributed by atoms with Gasteiger partial charge in [-0.1, -0.05) is 30.3 Å². The molecule has 29 heavy (non-hydrogen) atoms. The zero-order valence-electron chi connectivity index (χ0n) is 16.1. The first-order chi connectivity index (χ1) is 13.6. The van der Waals surface area contributed by atoms with Gasteiger partial charge in [0.25, 0.3) is 5.91 Å². The highest BCUT2D eigenvalue weighted by Crippen LogP contribution is 2.37. The number of rotatable bonds is 1. The van der Waals surface area contributed by atoms with Gasteiger partial charge < -0.3 is 10.0 Å². The molecule has 2 saturated heterocycles. The van der Waals surface area contributed by atoms with E-state index in [0.717, 1.165) is 37.0 Å². The van der Waals surface area contributed by atoms with Gasteiger partial charge in [0, 0.05) is 30.7 Å². The molecule has 1 amide bonds. The maximum absolute atomic E-state index is 12.9. The number of carboxylic acid groups (broad SMARTS) is 1. The molecule has 2 aliphatic heterocycles. The highest BCUT2D eigenvalue weighted by Gasteiger charge is 2.46.